The van der Waals surface area contributed by atoms with Gasteiger partial charge in [-0.05, 0) is 29.7 Å². The first kappa shape index (κ1) is 13.6. The van der Waals surface area contributed by atoms with Gasteiger partial charge in [-0.2, -0.15) is 0 Å². The molecule has 0 saturated carbocycles. The lowest BCUT2D eigenvalue weighted by Crippen LogP contribution is -2.44. The maximum atomic E-state index is 11.9. The zero-order valence-electron chi connectivity index (χ0n) is 11.2. The van der Waals surface area contributed by atoms with E-state index in [4.69, 9.17) is 0 Å². The van der Waals surface area contributed by atoms with Crippen molar-refractivity contribution in [3.8, 4) is 0 Å². The number of hydrogen-bond acceptors (Lipinski definition) is 3. The summed E-state index contributed by atoms with van der Waals surface area (Å²) < 4.78 is 0. The van der Waals surface area contributed by atoms with Crippen LogP contribution in [-0.2, 0) is 11.3 Å². The first-order chi connectivity index (χ1) is 8.63. The van der Waals surface area contributed by atoms with Crippen LogP contribution in [0.15, 0.2) is 17.5 Å². The molecule has 0 radical (unpaired) electrons. The Labute approximate surface area is 113 Å². The lowest BCUT2D eigenvalue weighted by atomic mass is 9.92. The summed E-state index contributed by atoms with van der Waals surface area (Å²) in [6.07, 6.45) is 1.29. The Hall–Kier alpha value is -0.870. The number of carbonyl (C=O) groups is 1. The second kappa shape index (κ2) is 6.34. The van der Waals surface area contributed by atoms with E-state index in [1.165, 1.54) is 11.3 Å². The lowest BCUT2D eigenvalue weighted by molar-refractivity contribution is -0.123. The first-order valence-corrected chi connectivity index (χ1v) is 7.53. The van der Waals surface area contributed by atoms with Crippen LogP contribution in [0.1, 0.15) is 25.1 Å². The molecule has 1 N–H and O–H groups in total. The Kier molecular flexibility index (Phi) is 4.78. The molecule has 0 aliphatic carbocycles. The number of nitrogens with zero attached hydrogens (tertiary/aromatic N) is 1. The summed E-state index contributed by atoms with van der Waals surface area (Å²) in [6, 6.07) is 4.07. The fourth-order valence-corrected chi connectivity index (χ4v) is 3.42. The van der Waals surface area contributed by atoms with Gasteiger partial charge in [0.15, 0.2) is 0 Å². The van der Waals surface area contributed by atoms with E-state index in [9.17, 15) is 4.79 Å². The highest BCUT2D eigenvalue weighted by molar-refractivity contribution is 7.09. The molecule has 2 heterocycles. The molecule has 0 aromatic carbocycles. The number of rotatable bonds is 4. The van der Waals surface area contributed by atoms with Gasteiger partial charge in [0.25, 0.3) is 0 Å². The van der Waals surface area contributed by atoms with Crippen molar-refractivity contribution in [2.45, 2.75) is 26.8 Å². The molecule has 1 fully saturated rings. The van der Waals surface area contributed by atoms with Gasteiger partial charge in [0.05, 0.1) is 13.1 Å². The highest BCUT2D eigenvalue weighted by atomic mass is 32.1. The molecule has 0 bridgehead atoms. The van der Waals surface area contributed by atoms with Crippen molar-refractivity contribution in [1.29, 1.82) is 0 Å². The van der Waals surface area contributed by atoms with Gasteiger partial charge in [0.2, 0.25) is 5.91 Å². The zero-order valence-corrected chi connectivity index (χ0v) is 12.0. The number of thiophene rings is 1. The van der Waals surface area contributed by atoms with E-state index in [0.29, 0.717) is 24.9 Å². The van der Waals surface area contributed by atoms with Gasteiger partial charge in [-0.25, -0.2) is 0 Å². The summed E-state index contributed by atoms with van der Waals surface area (Å²) in [5.74, 6) is 1.56. The van der Waals surface area contributed by atoms with E-state index in [0.717, 1.165) is 13.1 Å². The summed E-state index contributed by atoms with van der Waals surface area (Å²) in [5, 5.41) is 5.03. The number of carbonyl (C=O) groups excluding carboxylic acids is 1. The minimum Gasteiger partial charge on any atom is -0.350 e. The summed E-state index contributed by atoms with van der Waals surface area (Å²) in [7, 11) is 0. The fourth-order valence-electron chi connectivity index (χ4n) is 2.78. The number of nitrogens with one attached hydrogen (secondary N) is 1. The Morgan fingerprint density at radius 1 is 1.44 bits per heavy atom. The summed E-state index contributed by atoms with van der Waals surface area (Å²) in [4.78, 5) is 15.4. The maximum absolute atomic E-state index is 11.9. The van der Waals surface area contributed by atoms with Gasteiger partial charge in [-0.3, -0.25) is 9.69 Å². The van der Waals surface area contributed by atoms with Gasteiger partial charge in [-0.1, -0.05) is 19.9 Å². The van der Waals surface area contributed by atoms with Crippen molar-refractivity contribution in [1.82, 2.24) is 10.2 Å². The second-order valence-corrected chi connectivity index (χ2v) is 6.53. The summed E-state index contributed by atoms with van der Waals surface area (Å²) >= 11 is 1.68. The Morgan fingerprint density at radius 3 is 2.78 bits per heavy atom. The van der Waals surface area contributed by atoms with Crippen molar-refractivity contribution in [3.63, 3.8) is 0 Å². The third-order valence-electron chi connectivity index (χ3n) is 3.35. The number of likely N-dealkylation sites (tertiary alicyclic amines) is 1. The third kappa shape index (κ3) is 4.10. The van der Waals surface area contributed by atoms with Gasteiger partial charge in [0.1, 0.15) is 0 Å². The van der Waals surface area contributed by atoms with Crippen LogP contribution in [0.5, 0.6) is 0 Å². The molecule has 2 unspecified atom stereocenters. The average Bonchev–Trinajstić information content (AvgIpc) is 2.77. The summed E-state index contributed by atoms with van der Waals surface area (Å²) in [5.41, 5.74) is 0. The predicted octanol–water partition coefficient (Wildman–Crippen LogP) is 2.34. The van der Waals surface area contributed by atoms with Crippen LogP contribution in [0.25, 0.3) is 0 Å². The molecule has 1 saturated heterocycles. The standard InChI is InChI=1S/C14H22N2OS/c1-11-6-12(2)9-16(8-11)10-14(17)15-7-13-4-3-5-18-13/h3-5,11-12H,6-10H2,1-2H3,(H,15,17). The molecule has 1 aromatic heterocycles. The van der Waals surface area contributed by atoms with E-state index in [1.54, 1.807) is 11.3 Å². The highest BCUT2D eigenvalue weighted by Crippen LogP contribution is 2.20. The third-order valence-corrected chi connectivity index (χ3v) is 4.23. The molecular weight excluding hydrogens is 244 g/mol. The van der Waals surface area contributed by atoms with Crippen LogP contribution in [0.2, 0.25) is 0 Å². The van der Waals surface area contributed by atoms with E-state index >= 15 is 0 Å². The van der Waals surface area contributed by atoms with Crippen molar-refractivity contribution < 1.29 is 4.79 Å². The molecule has 100 valence electrons. The first-order valence-electron chi connectivity index (χ1n) is 6.65. The molecule has 1 aliphatic rings. The number of amides is 1. The minimum atomic E-state index is 0.143. The normalized spacial score (nSPS) is 25.0. The number of hydrogen-bond donors (Lipinski definition) is 1. The molecule has 3 nitrogen and oxygen atoms in total. The molecule has 0 spiro atoms. The topological polar surface area (TPSA) is 32.3 Å². The molecule has 4 heteroatoms. The smallest absolute Gasteiger partial charge is 0.234 e. The zero-order chi connectivity index (χ0) is 13.0. The van der Waals surface area contributed by atoms with Crippen LogP contribution >= 0.6 is 11.3 Å². The van der Waals surface area contributed by atoms with Crippen molar-refractivity contribution in [2.75, 3.05) is 19.6 Å². The quantitative estimate of drug-likeness (QED) is 0.907. The summed E-state index contributed by atoms with van der Waals surface area (Å²) in [6.45, 7) is 7.85. The van der Waals surface area contributed by atoms with Crippen molar-refractivity contribution >= 4 is 17.2 Å². The SMILES string of the molecule is CC1CC(C)CN(CC(=O)NCc2cccs2)C1. The van der Waals surface area contributed by atoms with Crippen LogP contribution in [0.4, 0.5) is 0 Å². The Balaban J connectivity index is 1.73. The largest absolute Gasteiger partial charge is 0.350 e. The predicted molar refractivity (Wildman–Crippen MR) is 75.6 cm³/mol. The number of piperidine rings is 1. The molecular formula is C14H22N2OS. The van der Waals surface area contributed by atoms with Gasteiger partial charge in [0, 0.05) is 18.0 Å². The van der Waals surface area contributed by atoms with E-state index in [2.05, 4.69) is 30.1 Å². The molecule has 1 aliphatic heterocycles. The van der Waals surface area contributed by atoms with Crippen LogP contribution in [0.3, 0.4) is 0 Å². The van der Waals surface area contributed by atoms with Gasteiger partial charge >= 0.3 is 0 Å². The van der Waals surface area contributed by atoms with E-state index in [-0.39, 0.29) is 5.91 Å². The highest BCUT2D eigenvalue weighted by Gasteiger charge is 2.22. The van der Waals surface area contributed by atoms with E-state index in [1.807, 2.05) is 11.4 Å². The maximum Gasteiger partial charge on any atom is 0.234 e. The van der Waals surface area contributed by atoms with Crippen LogP contribution < -0.4 is 5.32 Å². The average molecular weight is 266 g/mol. The molecule has 18 heavy (non-hydrogen) atoms. The Morgan fingerprint density at radius 2 is 2.17 bits per heavy atom. The van der Waals surface area contributed by atoms with Gasteiger partial charge < -0.3 is 5.32 Å². The van der Waals surface area contributed by atoms with Crippen molar-refractivity contribution in [2.24, 2.45) is 11.8 Å². The minimum absolute atomic E-state index is 0.143. The van der Waals surface area contributed by atoms with Crippen LogP contribution in [0, 0.1) is 11.8 Å². The van der Waals surface area contributed by atoms with E-state index < -0.39 is 0 Å². The Bertz CT molecular complexity index is 367. The molecule has 2 atom stereocenters. The van der Waals surface area contributed by atoms with Gasteiger partial charge in [-0.15, -0.1) is 11.3 Å². The van der Waals surface area contributed by atoms with Crippen molar-refractivity contribution in [3.05, 3.63) is 22.4 Å². The monoisotopic (exact) mass is 266 g/mol. The fraction of sp³-hybridized carbons (Fsp3) is 0.643. The van der Waals surface area contributed by atoms with Crippen LogP contribution in [-0.4, -0.2) is 30.4 Å². The second-order valence-electron chi connectivity index (χ2n) is 5.50. The molecule has 1 aromatic rings. The molecule has 2 rings (SSSR count). The molecule has 1 amide bonds. The lowest BCUT2D eigenvalue weighted by Gasteiger charge is -2.34.